The summed E-state index contributed by atoms with van der Waals surface area (Å²) < 4.78 is 10.5. The van der Waals surface area contributed by atoms with Crippen molar-refractivity contribution in [2.24, 2.45) is 0 Å². The molecule has 0 unspecified atom stereocenters. The van der Waals surface area contributed by atoms with E-state index in [2.05, 4.69) is 33.0 Å². The summed E-state index contributed by atoms with van der Waals surface area (Å²) in [5.41, 5.74) is -0.852. The molecule has 0 atom stereocenters. The maximum absolute atomic E-state index is 12.0. The van der Waals surface area contributed by atoms with E-state index >= 15 is 0 Å². The summed E-state index contributed by atoms with van der Waals surface area (Å²) >= 11 is 0. The van der Waals surface area contributed by atoms with Gasteiger partial charge in [-0.1, -0.05) is 30.3 Å². The molecule has 10 heteroatoms. The number of benzene rings is 1. The summed E-state index contributed by atoms with van der Waals surface area (Å²) in [4.78, 5) is 26.0. The fourth-order valence-corrected chi connectivity index (χ4v) is 4.57. The second-order valence-electron chi connectivity index (χ2n) is 12.6. The molecular formula is C29H50N4O6. The first-order chi connectivity index (χ1) is 18.2. The molecule has 0 aliphatic carbocycles. The Morgan fingerprint density at radius 1 is 0.821 bits per heavy atom. The van der Waals surface area contributed by atoms with Crippen LogP contribution in [0.4, 0.5) is 9.59 Å². The van der Waals surface area contributed by atoms with Crippen LogP contribution in [-0.2, 0) is 16.0 Å². The second-order valence-corrected chi connectivity index (χ2v) is 12.6. The lowest BCUT2D eigenvalue weighted by Gasteiger charge is -2.41. The number of hydrogen-bond acceptors (Lipinski definition) is 8. The molecule has 222 valence electrons. The van der Waals surface area contributed by atoms with Crippen LogP contribution in [0, 0.1) is 0 Å². The summed E-state index contributed by atoms with van der Waals surface area (Å²) in [5, 5.41) is 28.0. The predicted molar refractivity (Wildman–Crippen MR) is 151 cm³/mol. The SMILES string of the molecule is CC(C)(C)OC(=O)NC1(CO)CCN(Cc2ccccc2)CC1.CC(C)(C)OC(=O)NC1(CO)CCNCC1. The number of nitrogens with zero attached hydrogens (tertiary/aromatic N) is 1. The zero-order valence-electron chi connectivity index (χ0n) is 24.6. The molecule has 2 amide bonds. The van der Waals surface area contributed by atoms with Gasteiger partial charge in [-0.25, -0.2) is 9.59 Å². The predicted octanol–water partition coefficient (Wildman–Crippen LogP) is 3.16. The molecular weight excluding hydrogens is 500 g/mol. The van der Waals surface area contributed by atoms with E-state index in [0.29, 0.717) is 0 Å². The molecule has 2 heterocycles. The first-order valence-corrected chi connectivity index (χ1v) is 13.9. The van der Waals surface area contributed by atoms with Crippen LogP contribution in [0.2, 0.25) is 0 Å². The van der Waals surface area contributed by atoms with Crippen LogP contribution in [0.15, 0.2) is 30.3 Å². The number of ether oxygens (including phenoxy) is 2. The highest BCUT2D eigenvalue weighted by atomic mass is 16.6. The van der Waals surface area contributed by atoms with E-state index in [1.54, 1.807) is 0 Å². The standard InChI is InChI=1S/C18H28N2O3.C11H22N2O3/c1-17(2,3)23-16(22)19-18(14-21)9-11-20(12-10-18)13-15-7-5-4-6-8-15;1-10(2,3)16-9(15)13-11(8-14)4-6-12-7-5-11/h4-8,21H,9-14H2,1-3H3,(H,19,22);12,14H,4-8H2,1-3H3,(H,13,15). The van der Waals surface area contributed by atoms with Crippen molar-refractivity contribution >= 4 is 12.2 Å². The largest absolute Gasteiger partial charge is 0.444 e. The van der Waals surface area contributed by atoms with Crippen molar-refractivity contribution in [3.8, 4) is 0 Å². The molecule has 0 radical (unpaired) electrons. The Kier molecular flexibility index (Phi) is 12.0. The molecule has 0 bridgehead atoms. The number of piperidine rings is 2. The van der Waals surface area contributed by atoms with Crippen molar-refractivity contribution in [2.45, 2.75) is 96.1 Å². The fourth-order valence-electron chi connectivity index (χ4n) is 4.57. The average molecular weight is 551 g/mol. The Balaban J connectivity index is 0.000000293. The maximum atomic E-state index is 12.0. The Morgan fingerprint density at radius 2 is 1.26 bits per heavy atom. The third kappa shape index (κ3) is 12.1. The van der Waals surface area contributed by atoms with E-state index in [-0.39, 0.29) is 13.2 Å². The summed E-state index contributed by atoms with van der Waals surface area (Å²) in [6.45, 7) is 15.0. The van der Waals surface area contributed by atoms with Gasteiger partial charge in [0.15, 0.2) is 0 Å². The highest BCUT2D eigenvalue weighted by Gasteiger charge is 2.37. The van der Waals surface area contributed by atoms with E-state index in [4.69, 9.17) is 9.47 Å². The van der Waals surface area contributed by atoms with Crippen LogP contribution >= 0.6 is 0 Å². The van der Waals surface area contributed by atoms with E-state index in [9.17, 15) is 19.8 Å². The number of aliphatic hydroxyl groups excluding tert-OH is 2. The average Bonchev–Trinajstić information content (AvgIpc) is 2.84. The lowest BCUT2D eigenvalue weighted by Crippen LogP contribution is -2.58. The Bertz CT molecular complexity index is 883. The number of amides is 2. The number of alkyl carbamates (subject to hydrolysis) is 2. The van der Waals surface area contributed by atoms with Gasteiger partial charge in [0.2, 0.25) is 0 Å². The van der Waals surface area contributed by atoms with Crippen molar-refractivity contribution < 1.29 is 29.3 Å². The van der Waals surface area contributed by atoms with Crippen LogP contribution < -0.4 is 16.0 Å². The molecule has 2 aliphatic heterocycles. The summed E-state index contributed by atoms with van der Waals surface area (Å²) in [5.74, 6) is 0. The molecule has 2 saturated heterocycles. The van der Waals surface area contributed by atoms with E-state index in [1.807, 2.05) is 59.7 Å². The van der Waals surface area contributed by atoms with Gasteiger partial charge in [0, 0.05) is 19.6 Å². The first-order valence-electron chi connectivity index (χ1n) is 13.9. The Hall–Kier alpha value is -2.40. The summed E-state index contributed by atoms with van der Waals surface area (Å²) in [6.07, 6.45) is 1.97. The van der Waals surface area contributed by atoms with Gasteiger partial charge in [0.25, 0.3) is 0 Å². The number of rotatable bonds is 6. The van der Waals surface area contributed by atoms with Crippen LogP contribution in [0.25, 0.3) is 0 Å². The first kappa shape index (κ1) is 32.8. The van der Waals surface area contributed by atoms with Crippen molar-refractivity contribution in [2.75, 3.05) is 39.4 Å². The van der Waals surface area contributed by atoms with Gasteiger partial charge in [0.05, 0.1) is 24.3 Å². The van der Waals surface area contributed by atoms with Crippen LogP contribution in [0.5, 0.6) is 0 Å². The molecule has 1 aromatic rings. The molecule has 1 aromatic carbocycles. The number of carbonyl (C=O) groups is 2. The molecule has 10 nitrogen and oxygen atoms in total. The molecule has 3 rings (SSSR count). The lowest BCUT2D eigenvalue weighted by molar-refractivity contribution is 0.0264. The normalized spacial score (nSPS) is 19.2. The van der Waals surface area contributed by atoms with Gasteiger partial charge in [-0.3, -0.25) is 4.90 Å². The number of nitrogens with one attached hydrogen (secondary N) is 3. The Labute approximate surface area is 233 Å². The Morgan fingerprint density at radius 3 is 1.67 bits per heavy atom. The smallest absolute Gasteiger partial charge is 0.408 e. The topological polar surface area (TPSA) is 132 Å². The third-order valence-corrected chi connectivity index (χ3v) is 6.76. The highest BCUT2D eigenvalue weighted by Crippen LogP contribution is 2.24. The van der Waals surface area contributed by atoms with Gasteiger partial charge in [-0.15, -0.1) is 0 Å². The van der Waals surface area contributed by atoms with Crippen molar-refractivity contribution in [1.29, 1.82) is 0 Å². The van der Waals surface area contributed by atoms with Gasteiger partial charge in [-0.2, -0.15) is 0 Å². The van der Waals surface area contributed by atoms with Gasteiger partial charge >= 0.3 is 12.2 Å². The molecule has 0 aromatic heterocycles. The van der Waals surface area contributed by atoms with Crippen LogP contribution in [-0.4, -0.2) is 89.0 Å². The highest BCUT2D eigenvalue weighted by molar-refractivity contribution is 5.69. The minimum absolute atomic E-state index is 0.0477. The van der Waals surface area contributed by atoms with E-state index in [0.717, 1.165) is 58.4 Å². The zero-order chi connectivity index (χ0) is 29.2. The van der Waals surface area contributed by atoms with Gasteiger partial charge < -0.3 is 35.6 Å². The third-order valence-electron chi connectivity index (χ3n) is 6.76. The minimum Gasteiger partial charge on any atom is -0.444 e. The van der Waals surface area contributed by atoms with Crippen LogP contribution in [0.1, 0.15) is 72.8 Å². The van der Waals surface area contributed by atoms with Crippen molar-refractivity contribution in [3.63, 3.8) is 0 Å². The summed E-state index contributed by atoms with van der Waals surface area (Å²) in [7, 11) is 0. The second kappa shape index (κ2) is 14.3. The number of hydrogen-bond donors (Lipinski definition) is 5. The lowest BCUT2D eigenvalue weighted by atomic mass is 9.88. The van der Waals surface area contributed by atoms with Gasteiger partial charge in [0.1, 0.15) is 11.2 Å². The molecule has 2 fully saturated rings. The molecule has 2 aliphatic rings. The monoisotopic (exact) mass is 550 g/mol. The minimum atomic E-state index is -0.574. The quantitative estimate of drug-likeness (QED) is 0.365. The summed E-state index contributed by atoms with van der Waals surface area (Å²) in [6, 6.07) is 10.3. The van der Waals surface area contributed by atoms with E-state index < -0.39 is 34.5 Å². The van der Waals surface area contributed by atoms with E-state index in [1.165, 1.54) is 5.56 Å². The number of carbonyl (C=O) groups excluding carboxylic acids is 2. The molecule has 0 saturated carbocycles. The van der Waals surface area contributed by atoms with Crippen LogP contribution in [0.3, 0.4) is 0 Å². The number of likely N-dealkylation sites (tertiary alicyclic amines) is 1. The fraction of sp³-hybridized carbons (Fsp3) is 0.724. The molecule has 5 N–H and O–H groups in total. The van der Waals surface area contributed by atoms with Gasteiger partial charge in [-0.05, 0) is 85.9 Å². The number of aliphatic hydroxyl groups is 2. The zero-order valence-corrected chi connectivity index (χ0v) is 24.6. The molecule has 0 spiro atoms. The maximum Gasteiger partial charge on any atom is 0.408 e. The van der Waals surface area contributed by atoms with Crippen molar-refractivity contribution in [3.05, 3.63) is 35.9 Å². The molecule has 39 heavy (non-hydrogen) atoms. The van der Waals surface area contributed by atoms with Crippen molar-refractivity contribution in [1.82, 2.24) is 20.9 Å².